The first kappa shape index (κ1) is 21.6. The first-order valence-corrected chi connectivity index (χ1v) is 9.64. The highest BCUT2D eigenvalue weighted by atomic mass is 16.6. The van der Waals surface area contributed by atoms with E-state index in [0.29, 0.717) is 25.0 Å². The van der Waals surface area contributed by atoms with Crippen LogP contribution in [0.2, 0.25) is 0 Å². The predicted molar refractivity (Wildman–Crippen MR) is 107 cm³/mol. The molecule has 0 spiro atoms. The number of hydrogen-bond acceptors (Lipinski definition) is 8. The van der Waals surface area contributed by atoms with Crippen LogP contribution in [0.3, 0.4) is 0 Å². The van der Waals surface area contributed by atoms with Gasteiger partial charge in [0, 0.05) is 24.5 Å². The van der Waals surface area contributed by atoms with Gasteiger partial charge in [-0.25, -0.2) is 9.78 Å². The number of nitrogens with one attached hydrogen (secondary N) is 3. The number of aromatic nitrogens is 2. The number of amides is 1. The molecule has 1 unspecified atom stereocenters. The van der Waals surface area contributed by atoms with Crippen molar-refractivity contribution in [1.29, 1.82) is 0 Å². The minimum atomic E-state index is -0.515. The molecule has 1 amide bonds. The molecule has 1 aliphatic rings. The number of anilines is 2. The Morgan fingerprint density at radius 2 is 2.07 bits per heavy atom. The Morgan fingerprint density at radius 1 is 1.39 bits per heavy atom. The molecular weight excluding hydrogens is 364 g/mol. The largest absolute Gasteiger partial charge is 0.446 e. The fourth-order valence-corrected chi connectivity index (χ4v) is 2.93. The zero-order valence-electron chi connectivity index (χ0n) is 16.9. The number of hydrogen-bond donors (Lipinski definition) is 3. The van der Waals surface area contributed by atoms with E-state index in [-0.39, 0.29) is 23.1 Å². The number of rotatable bonds is 8. The molecule has 0 saturated heterocycles. The second kappa shape index (κ2) is 9.52. The predicted octanol–water partition coefficient (Wildman–Crippen LogP) is 3.45. The third-order valence-corrected chi connectivity index (χ3v) is 4.28. The summed E-state index contributed by atoms with van der Waals surface area (Å²) in [4.78, 5) is 30.8. The summed E-state index contributed by atoms with van der Waals surface area (Å²) in [5.74, 6) is 0.542. The number of carbonyl (C=O) groups is 1. The fraction of sp³-hybridized carbons (Fsp3) is 0.722. The molecule has 28 heavy (non-hydrogen) atoms. The summed E-state index contributed by atoms with van der Waals surface area (Å²) in [5.41, 5.74) is -0.560. The first-order chi connectivity index (χ1) is 13.1. The maximum atomic E-state index is 11.8. The molecule has 1 atom stereocenters. The molecule has 1 saturated carbocycles. The van der Waals surface area contributed by atoms with Crippen molar-refractivity contribution >= 4 is 23.5 Å². The Kier molecular flexibility index (Phi) is 7.36. The van der Waals surface area contributed by atoms with Crippen molar-refractivity contribution in [2.75, 3.05) is 17.2 Å². The normalized spacial score (nSPS) is 15.7. The molecule has 3 N–H and O–H groups in total. The van der Waals surface area contributed by atoms with E-state index in [1.165, 1.54) is 6.20 Å². The van der Waals surface area contributed by atoms with Crippen LogP contribution >= 0.6 is 0 Å². The molecule has 0 radical (unpaired) electrons. The van der Waals surface area contributed by atoms with Crippen LogP contribution in [0.15, 0.2) is 6.20 Å². The summed E-state index contributed by atoms with van der Waals surface area (Å²) in [6.45, 7) is 7.74. The lowest BCUT2D eigenvalue weighted by atomic mass is 10.1. The Hall–Kier alpha value is -2.65. The topological polar surface area (TPSA) is 131 Å². The molecule has 1 aromatic rings. The molecule has 1 aliphatic carbocycles. The quantitative estimate of drug-likeness (QED) is 0.451. The fourth-order valence-electron chi connectivity index (χ4n) is 2.93. The van der Waals surface area contributed by atoms with Crippen molar-refractivity contribution in [3.63, 3.8) is 0 Å². The van der Waals surface area contributed by atoms with Crippen LogP contribution in [0.5, 0.6) is 0 Å². The van der Waals surface area contributed by atoms with Crippen molar-refractivity contribution < 1.29 is 14.5 Å². The van der Waals surface area contributed by atoms with Crippen LogP contribution < -0.4 is 16.0 Å². The van der Waals surface area contributed by atoms with Gasteiger partial charge in [-0.15, -0.1) is 0 Å². The van der Waals surface area contributed by atoms with Crippen LogP contribution in [0, 0.1) is 10.1 Å². The SMILES string of the molecule is CC(CCNc1nc(NC2CCCC2)ncc1[N+](=O)[O-])OC(=O)NC(C)(C)C. The summed E-state index contributed by atoms with van der Waals surface area (Å²) in [5, 5.41) is 20.2. The van der Waals surface area contributed by atoms with Gasteiger partial charge in [-0.2, -0.15) is 4.98 Å². The highest BCUT2D eigenvalue weighted by Gasteiger charge is 2.21. The van der Waals surface area contributed by atoms with E-state index in [0.717, 1.165) is 25.7 Å². The van der Waals surface area contributed by atoms with E-state index in [9.17, 15) is 14.9 Å². The highest BCUT2D eigenvalue weighted by molar-refractivity contribution is 5.68. The van der Waals surface area contributed by atoms with E-state index >= 15 is 0 Å². The third-order valence-electron chi connectivity index (χ3n) is 4.28. The number of nitro groups is 1. The summed E-state index contributed by atoms with van der Waals surface area (Å²) >= 11 is 0. The van der Waals surface area contributed by atoms with Crippen molar-refractivity contribution in [2.24, 2.45) is 0 Å². The summed E-state index contributed by atoms with van der Waals surface area (Å²) in [6.07, 6.45) is 5.27. The van der Waals surface area contributed by atoms with E-state index in [1.54, 1.807) is 6.92 Å². The Labute approximate surface area is 165 Å². The number of nitrogens with zero attached hydrogens (tertiary/aromatic N) is 3. The Morgan fingerprint density at radius 3 is 2.68 bits per heavy atom. The molecule has 10 heteroatoms. The number of carbonyl (C=O) groups excluding carboxylic acids is 1. The monoisotopic (exact) mass is 394 g/mol. The Bertz CT molecular complexity index is 685. The van der Waals surface area contributed by atoms with Gasteiger partial charge in [-0.05, 0) is 40.5 Å². The molecule has 0 aliphatic heterocycles. The second-order valence-corrected chi connectivity index (χ2v) is 8.12. The number of alkyl carbamates (subject to hydrolysis) is 1. The maximum Gasteiger partial charge on any atom is 0.407 e. The van der Waals surface area contributed by atoms with E-state index in [1.807, 2.05) is 20.8 Å². The minimum absolute atomic E-state index is 0.159. The van der Waals surface area contributed by atoms with Gasteiger partial charge in [0.1, 0.15) is 12.3 Å². The van der Waals surface area contributed by atoms with E-state index < -0.39 is 11.0 Å². The van der Waals surface area contributed by atoms with Gasteiger partial charge in [0.05, 0.1) is 4.92 Å². The second-order valence-electron chi connectivity index (χ2n) is 8.12. The lowest BCUT2D eigenvalue weighted by Gasteiger charge is -2.22. The smallest absolute Gasteiger partial charge is 0.407 e. The van der Waals surface area contributed by atoms with Crippen molar-refractivity contribution in [3.8, 4) is 0 Å². The highest BCUT2D eigenvalue weighted by Crippen LogP contribution is 2.25. The Balaban J connectivity index is 1.90. The molecule has 1 aromatic heterocycles. The summed E-state index contributed by atoms with van der Waals surface area (Å²) in [6, 6.07) is 0.309. The van der Waals surface area contributed by atoms with Crippen LogP contribution in [-0.4, -0.2) is 45.2 Å². The van der Waals surface area contributed by atoms with Gasteiger partial charge in [-0.1, -0.05) is 12.8 Å². The van der Waals surface area contributed by atoms with Gasteiger partial charge in [-0.3, -0.25) is 10.1 Å². The van der Waals surface area contributed by atoms with Crippen LogP contribution in [-0.2, 0) is 4.74 Å². The lowest BCUT2D eigenvalue weighted by Crippen LogP contribution is -2.42. The van der Waals surface area contributed by atoms with Gasteiger partial charge in [0.15, 0.2) is 0 Å². The standard InChI is InChI=1S/C18H30N6O4/c1-12(28-17(25)23-18(2,3)4)9-10-19-15-14(24(26)27)11-20-16(22-15)21-13-7-5-6-8-13/h11-13H,5-10H2,1-4H3,(H,23,25)(H2,19,20,21,22). The van der Waals surface area contributed by atoms with Crippen LogP contribution in [0.4, 0.5) is 22.2 Å². The minimum Gasteiger partial charge on any atom is -0.446 e. The molecule has 2 rings (SSSR count). The molecule has 0 bridgehead atoms. The van der Waals surface area contributed by atoms with Crippen molar-refractivity contribution in [2.45, 2.75) is 77.5 Å². The van der Waals surface area contributed by atoms with Gasteiger partial charge >= 0.3 is 11.8 Å². The van der Waals surface area contributed by atoms with E-state index in [2.05, 4.69) is 25.9 Å². The first-order valence-electron chi connectivity index (χ1n) is 9.64. The third kappa shape index (κ3) is 7.16. The number of ether oxygens (including phenoxy) is 1. The molecule has 10 nitrogen and oxygen atoms in total. The van der Waals surface area contributed by atoms with Crippen LogP contribution in [0.25, 0.3) is 0 Å². The maximum absolute atomic E-state index is 11.8. The lowest BCUT2D eigenvalue weighted by molar-refractivity contribution is -0.384. The molecular formula is C18H30N6O4. The zero-order valence-corrected chi connectivity index (χ0v) is 16.9. The average Bonchev–Trinajstić information content (AvgIpc) is 3.05. The summed E-state index contributed by atoms with van der Waals surface area (Å²) in [7, 11) is 0. The van der Waals surface area contributed by atoms with E-state index in [4.69, 9.17) is 4.74 Å². The molecule has 0 aromatic carbocycles. The van der Waals surface area contributed by atoms with Gasteiger partial charge in [0.2, 0.25) is 11.8 Å². The van der Waals surface area contributed by atoms with Crippen molar-refractivity contribution in [3.05, 3.63) is 16.3 Å². The van der Waals surface area contributed by atoms with Crippen molar-refractivity contribution in [1.82, 2.24) is 15.3 Å². The molecule has 1 fully saturated rings. The van der Waals surface area contributed by atoms with Crippen LogP contribution in [0.1, 0.15) is 59.8 Å². The molecule has 1 heterocycles. The zero-order chi connectivity index (χ0) is 20.7. The average molecular weight is 394 g/mol. The summed E-state index contributed by atoms with van der Waals surface area (Å²) < 4.78 is 5.29. The molecule has 156 valence electrons. The van der Waals surface area contributed by atoms with Gasteiger partial charge in [0.25, 0.3) is 0 Å². The van der Waals surface area contributed by atoms with Gasteiger partial charge < -0.3 is 20.7 Å².